The minimum atomic E-state index is -4.68. The van der Waals surface area contributed by atoms with Crippen LogP contribution in [0.3, 0.4) is 0 Å². The second kappa shape index (κ2) is 17.1. The summed E-state index contributed by atoms with van der Waals surface area (Å²) in [6.45, 7) is 11.9. The van der Waals surface area contributed by atoms with Crippen LogP contribution in [-0.2, 0) is 0 Å². The van der Waals surface area contributed by atoms with Crippen LogP contribution in [0.4, 0.5) is 18.9 Å². The molecule has 0 unspecified atom stereocenters. The Bertz CT molecular complexity index is 557. The van der Waals surface area contributed by atoms with Crippen molar-refractivity contribution in [3.05, 3.63) is 47.7 Å². The standard InChI is InChI=1S/C15H17BF3NO.2C2H6.C2H2/c1-11(2)10-13(8-9-16)20(3)12-4-6-14(7-5-12)21-15(17,18)19;3*1-2/h4-8,10H,9H2,1-3H3;2*1-2H3;1-2H/b13-8-;;;. The molecule has 0 saturated carbocycles. The predicted molar refractivity (Wildman–Crippen MR) is 112 cm³/mol. The fourth-order valence-corrected chi connectivity index (χ4v) is 1.73. The number of halogens is 3. The molecule has 0 amide bonds. The maximum atomic E-state index is 12.1. The van der Waals surface area contributed by atoms with Gasteiger partial charge in [-0.1, -0.05) is 45.7 Å². The number of hydrogen-bond donors (Lipinski definition) is 0. The summed E-state index contributed by atoms with van der Waals surface area (Å²) in [5.74, 6) is -0.244. The Hall–Kier alpha value is -2.29. The summed E-state index contributed by atoms with van der Waals surface area (Å²) >= 11 is 0. The van der Waals surface area contributed by atoms with E-state index in [4.69, 9.17) is 7.85 Å². The Kier molecular flexibility index (Phi) is 18.7. The summed E-state index contributed by atoms with van der Waals surface area (Å²) in [5.41, 5.74) is 2.71. The molecule has 27 heavy (non-hydrogen) atoms. The monoisotopic (exact) mass is 381 g/mol. The van der Waals surface area contributed by atoms with Gasteiger partial charge in [0.05, 0.1) is 7.85 Å². The third-order valence-electron chi connectivity index (χ3n) is 2.61. The smallest absolute Gasteiger partial charge is 0.406 e. The molecule has 0 aliphatic heterocycles. The van der Waals surface area contributed by atoms with E-state index >= 15 is 0 Å². The average molecular weight is 381 g/mol. The van der Waals surface area contributed by atoms with Crippen molar-refractivity contribution in [1.82, 2.24) is 0 Å². The molecule has 1 rings (SSSR count). The molecule has 0 heterocycles. The van der Waals surface area contributed by atoms with E-state index in [0.29, 0.717) is 6.32 Å². The van der Waals surface area contributed by atoms with Gasteiger partial charge in [0.25, 0.3) is 0 Å². The van der Waals surface area contributed by atoms with Crippen molar-refractivity contribution in [1.29, 1.82) is 0 Å². The fourth-order valence-electron chi connectivity index (χ4n) is 1.73. The Labute approximate surface area is 164 Å². The van der Waals surface area contributed by atoms with Gasteiger partial charge in [0.1, 0.15) is 5.75 Å². The van der Waals surface area contributed by atoms with Crippen LogP contribution in [0.2, 0.25) is 6.32 Å². The largest absolute Gasteiger partial charge is 0.573 e. The Morgan fingerprint density at radius 3 is 1.85 bits per heavy atom. The van der Waals surface area contributed by atoms with Crippen molar-refractivity contribution in [2.24, 2.45) is 0 Å². The number of rotatable bonds is 5. The highest BCUT2D eigenvalue weighted by atomic mass is 19.4. The summed E-state index contributed by atoms with van der Waals surface area (Å²) in [5, 5.41) is 0. The first-order chi connectivity index (χ1) is 12.7. The lowest BCUT2D eigenvalue weighted by molar-refractivity contribution is -0.274. The summed E-state index contributed by atoms with van der Waals surface area (Å²) < 4.78 is 40.2. The van der Waals surface area contributed by atoms with Gasteiger partial charge in [0.2, 0.25) is 0 Å². The summed E-state index contributed by atoms with van der Waals surface area (Å²) in [6.07, 6.45) is 7.49. The van der Waals surface area contributed by atoms with Crippen LogP contribution in [0.1, 0.15) is 41.5 Å². The molecule has 0 N–H and O–H groups in total. The van der Waals surface area contributed by atoms with E-state index in [1.54, 1.807) is 12.1 Å². The highest BCUT2D eigenvalue weighted by Gasteiger charge is 2.30. The minimum Gasteiger partial charge on any atom is -0.406 e. The van der Waals surface area contributed by atoms with E-state index < -0.39 is 6.36 Å². The molecule has 150 valence electrons. The highest BCUT2D eigenvalue weighted by Crippen LogP contribution is 2.26. The van der Waals surface area contributed by atoms with Crippen molar-refractivity contribution in [3.63, 3.8) is 0 Å². The van der Waals surface area contributed by atoms with Crippen LogP contribution in [0.25, 0.3) is 0 Å². The molecule has 2 nitrogen and oxygen atoms in total. The van der Waals surface area contributed by atoms with Gasteiger partial charge in [-0.25, -0.2) is 0 Å². The zero-order chi connectivity index (χ0) is 22.0. The maximum absolute atomic E-state index is 12.1. The van der Waals surface area contributed by atoms with Crippen molar-refractivity contribution in [2.75, 3.05) is 11.9 Å². The number of allylic oxidation sites excluding steroid dienone is 3. The molecule has 0 fully saturated rings. The third kappa shape index (κ3) is 14.6. The van der Waals surface area contributed by atoms with E-state index in [1.807, 2.05) is 65.6 Å². The van der Waals surface area contributed by atoms with Crippen molar-refractivity contribution < 1.29 is 17.9 Å². The number of alkyl halides is 3. The predicted octanol–water partition coefficient (Wildman–Crippen LogP) is 6.76. The second-order valence-electron chi connectivity index (χ2n) is 4.69. The molecule has 0 spiro atoms. The molecule has 0 atom stereocenters. The van der Waals surface area contributed by atoms with Crippen LogP contribution in [0.5, 0.6) is 5.75 Å². The van der Waals surface area contributed by atoms with Gasteiger partial charge >= 0.3 is 6.36 Å². The van der Waals surface area contributed by atoms with Crippen LogP contribution in [0, 0.1) is 12.8 Å². The first-order valence-corrected chi connectivity index (χ1v) is 8.71. The van der Waals surface area contributed by atoms with E-state index in [9.17, 15) is 13.2 Å². The molecule has 6 heteroatoms. The normalized spacial score (nSPS) is 9.85. The number of nitrogens with zero attached hydrogens (tertiary/aromatic N) is 1. The van der Waals surface area contributed by atoms with Gasteiger partial charge in [-0.3, -0.25) is 0 Å². The molecule has 0 bridgehead atoms. The lowest BCUT2D eigenvalue weighted by Crippen LogP contribution is -2.18. The first kappa shape index (κ1) is 29.5. The lowest BCUT2D eigenvalue weighted by atomic mass is 10.0. The van der Waals surface area contributed by atoms with Crippen LogP contribution in [0.15, 0.2) is 47.7 Å². The second-order valence-corrected chi connectivity index (χ2v) is 4.69. The van der Waals surface area contributed by atoms with Crippen LogP contribution in [-0.4, -0.2) is 21.3 Å². The molecule has 1 aromatic rings. The van der Waals surface area contributed by atoms with Crippen molar-refractivity contribution in [2.45, 2.75) is 54.2 Å². The van der Waals surface area contributed by atoms with E-state index in [1.165, 1.54) is 12.1 Å². The molecule has 1 aromatic carbocycles. The number of likely N-dealkylation sites (N-methyl/N-ethyl adjacent to an activating group) is 1. The third-order valence-corrected chi connectivity index (χ3v) is 2.61. The SMILES string of the molecule is C#C.CC.CC.[B]C/C=C(/C=C(C)C)N(C)c1ccc(OC(F)(F)F)cc1. The van der Waals surface area contributed by atoms with E-state index in [-0.39, 0.29) is 5.75 Å². The number of benzene rings is 1. The van der Waals surface area contributed by atoms with Gasteiger partial charge in [-0.2, -0.15) is 0 Å². The molecule has 0 saturated heterocycles. The highest BCUT2D eigenvalue weighted by molar-refractivity contribution is 6.09. The fraction of sp³-hybridized carbons (Fsp3) is 0.429. The quantitative estimate of drug-likeness (QED) is 0.317. The number of hydrogen-bond acceptors (Lipinski definition) is 2. The van der Waals surface area contributed by atoms with E-state index in [0.717, 1.165) is 17.0 Å². The van der Waals surface area contributed by atoms with Crippen LogP contribution >= 0.6 is 0 Å². The Morgan fingerprint density at radius 2 is 1.52 bits per heavy atom. The van der Waals surface area contributed by atoms with Gasteiger partial charge in [0, 0.05) is 18.4 Å². The minimum absolute atomic E-state index is 0.244. The zero-order valence-corrected chi connectivity index (χ0v) is 17.4. The molecule has 2 radical (unpaired) electrons. The van der Waals surface area contributed by atoms with Gasteiger partial charge in [-0.15, -0.1) is 26.0 Å². The van der Waals surface area contributed by atoms with E-state index in [2.05, 4.69) is 17.6 Å². The molecule has 0 aliphatic carbocycles. The maximum Gasteiger partial charge on any atom is 0.573 e. The molecular weight excluding hydrogens is 350 g/mol. The number of terminal acetylenes is 1. The topological polar surface area (TPSA) is 12.5 Å². The van der Waals surface area contributed by atoms with Crippen molar-refractivity contribution >= 4 is 13.5 Å². The first-order valence-electron chi connectivity index (χ1n) is 8.71. The Morgan fingerprint density at radius 1 is 1.07 bits per heavy atom. The van der Waals surface area contributed by atoms with Gasteiger partial charge in [-0.05, 0) is 44.2 Å². The lowest BCUT2D eigenvalue weighted by Gasteiger charge is -2.21. The Balaban J connectivity index is -0.000000869. The van der Waals surface area contributed by atoms with Crippen molar-refractivity contribution in [3.8, 4) is 18.6 Å². The zero-order valence-electron chi connectivity index (χ0n) is 17.4. The van der Waals surface area contributed by atoms with Gasteiger partial charge < -0.3 is 9.64 Å². The summed E-state index contributed by atoms with van der Waals surface area (Å²) in [4.78, 5) is 1.84. The number of ether oxygens (including phenoxy) is 1. The molecule has 0 aromatic heterocycles. The number of anilines is 1. The van der Waals surface area contributed by atoms with Crippen LogP contribution < -0.4 is 9.64 Å². The summed E-state index contributed by atoms with van der Waals surface area (Å²) in [6, 6.07) is 5.68. The molecular formula is C21H31BF3NO. The average Bonchev–Trinajstić information content (AvgIpc) is 2.65. The molecule has 0 aliphatic rings. The van der Waals surface area contributed by atoms with Gasteiger partial charge in [0.15, 0.2) is 0 Å². The summed E-state index contributed by atoms with van der Waals surface area (Å²) in [7, 11) is 7.36.